The highest BCUT2D eigenvalue weighted by atomic mass is 16.6. The number of benzene rings is 1. The normalized spacial score (nSPS) is 14.9. The predicted octanol–water partition coefficient (Wildman–Crippen LogP) is 2.20. The molecule has 2 aromatic rings. The molecule has 1 aliphatic rings. The average Bonchev–Trinajstić information content (AvgIpc) is 2.67. The summed E-state index contributed by atoms with van der Waals surface area (Å²) in [7, 11) is 0. The SMILES string of the molecule is Cc1nc(C)c(CN2CCN(C(=O)Cc3ccc([N+](=O)[O-])cc3)CC2)nc1C. The largest absolute Gasteiger partial charge is 0.340 e. The molecule has 1 aliphatic heterocycles. The molecule has 1 fully saturated rings. The van der Waals surface area contributed by atoms with E-state index < -0.39 is 4.92 Å². The van der Waals surface area contributed by atoms with Crippen molar-refractivity contribution >= 4 is 11.6 Å². The lowest BCUT2D eigenvalue weighted by molar-refractivity contribution is -0.384. The van der Waals surface area contributed by atoms with Crippen molar-refractivity contribution in [3.8, 4) is 0 Å². The van der Waals surface area contributed by atoms with E-state index in [-0.39, 0.29) is 18.0 Å². The van der Waals surface area contributed by atoms with Crippen LogP contribution in [0, 0.1) is 30.9 Å². The molecule has 28 heavy (non-hydrogen) atoms. The van der Waals surface area contributed by atoms with Crippen LogP contribution in [0.15, 0.2) is 24.3 Å². The van der Waals surface area contributed by atoms with Crippen LogP contribution in [0.4, 0.5) is 5.69 Å². The number of nitro groups is 1. The van der Waals surface area contributed by atoms with Crippen LogP contribution in [0.5, 0.6) is 0 Å². The van der Waals surface area contributed by atoms with Crippen molar-refractivity contribution in [2.24, 2.45) is 0 Å². The Morgan fingerprint density at radius 3 is 2.21 bits per heavy atom. The van der Waals surface area contributed by atoms with Gasteiger partial charge in [0.25, 0.3) is 5.69 Å². The molecule has 0 radical (unpaired) electrons. The number of nitrogens with zero attached hydrogens (tertiary/aromatic N) is 5. The summed E-state index contributed by atoms with van der Waals surface area (Å²) in [6, 6.07) is 6.17. The van der Waals surface area contributed by atoms with Gasteiger partial charge in [0.05, 0.1) is 34.1 Å². The van der Waals surface area contributed by atoms with Crippen LogP contribution in [0.3, 0.4) is 0 Å². The van der Waals surface area contributed by atoms with E-state index in [2.05, 4.69) is 14.9 Å². The first-order valence-electron chi connectivity index (χ1n) is 9.37. The Kier molecular flexibility index (Phi) is 5.99. The minimum absolute atomic E-state index is 0.0366. The van der Waals surface area contributed by atoms with E-state index in [0.29, 0.717) is 13.1 Å². The van der Waals surface area contributed by atoms with E-state index in [1.165, 1.54) is 12.1 Å². The third-order valence-corrected chi connectivity index (χ3v) is 5.18. The molecule has 0 atom stereocenters. The number of aryl methyl sites for hydroxylation is 3. The van der Waals surface area contributed by atoms with Gasteiger partial charge in [-0.3, -0.25) is 29.8 Å². The highest BCUT2D eigenvalue weighted by molar-refractivity contribution is 5.79. The zero-order chi connectivity index (χ0) is 20.3. The zero-order valence-corrected chi connectivity index (χ0v) is 16.5. The van der Waals surface area contributed by atoms with Crippen molar-refractivity contribution in [2.45, 2.75) is 33.7 Å². The van der Waals surface area contributed by atoms with Crippen molar-refractivity contribution in [1.29, 1.82) is 0 Å². The summed E-state index contributed by atoms with van der Waals surface area (Å²) in [5, 5.41) is 10.7. The fourth-order valence-electron chi connectivity index (χ4n) is 3.30. The van der Waals surface area contributed by atoms with Gasteiger partial charge in [-0.1, -0.05) is 12.1 Å². The van der Waals surface area contributed by atoms with Gasteiger partial charge in [-0.15, -0.1) is 0 Å². The Morgan fingerprint density at radius 1 is 1.00 bits per heavy atom. The lowest BCUT2D eigenvalue weighted by Gasteiger charge is -2.34. The molecular formula is C20H25N5O3. The molecule has 8 nitrogen and oxygen atoms in total. The van der Waals surface area contributed by atoms with Crippen molar-refractivity contribution in [2.75, 3.05) is 26.2 Å². The molecule has 1 aromatic heterocycles. The summed E-state index contributed by atoms with van der Waals surface area (Å²) in [5.41, 5.74) is 4.70. The first kappa shape index (κ1) is 19.9. The molecular weight excluding hydrogens is 358 g/mol. The van der Waals surface area contributed by atoms with Gasteiger partial charge in [0.1, 0.15) is 0 Å². The number of hydrogen-bond donors (Lipinski definition) is 0. The number of non-ortho nitro benzene ring substituents is 1. The van der Waals surface area contributed by atoms with Crippen LogP contribution < -0.4 is 0 Å². The first-order chi connectivity index (χ1) is 13.3. The number of carbonyl (C=O) groups is 1. The van der Waals surface area contributed by atoms with Crippen LogP contribution >= 0.6 is 0 Å². The second-order valence-corrected chi connectivity index (χ2v) is 7.18. The highest BCUT2D eigenvalue weighted by Gasteiger charge is 2.22. The Balaban J connectivity index is 1.52. The Morgan fingerprint density at radius 2 is 1.61 bits per heavy atom. The van der Waals surface area contributed by atoms with E-state index in [1.54, 1.807) is 12.1 Å². The lowest BCUT2D eigenvalue weighted by Crippen LogP contribution is -2.48. The second-order valence-electron chi connectivity index (χ2n) is 7.18. The van der Waals surface area contributed by atoms with Crippen LogP contribution in [-0.2, 0) is 17.8 Å². The number of carbonyl (C=O) groups excluding carboxylic acids is 1. The van der Waals surface area contributed by atoms with Crippen LogP contribution in [0.1, 0.15) is 28.3 Å². The number of nitro benzene ring substituents is 1. The quantitative estimate of drug-likeness (QED) is 0.580. The van der Waals surface area contributed by atoms with E-state index in [0.717, 1.165) is 48.0 Å². The Hall–Kier alpha value is -2.87. The Labute approximate surface area is 164 Å². The molecule has 0 saturated carbocycles. The van der Waals surface area contributed by atoms with E-state index in [9.17, 15) is 14.9 Å². The number of amides is 1. The maximum atomic E-state index is 12.5. The van der Waals surface area contributed by atoms with Gasteiger partial charge in [0, 0.05) is 44.9 Å². The van der Waals surface area contributed by atoms with E-state index >= 15 is 0 Å². The molecule has 1 saturated heterocycles. The molecule has 3 rings (SSSR count). The number of hydrogen-bond acceptors (Lipinski definition) is 6. The molecule has 2 heterocycles. The first-order valence-corrected chi connectivity index (χ1v) is 9.37. The molecule has 0 spiro atoms. The van der Waals surface area contributed by atoms with Crippen molar-refractivity contribution in [3.63, 3.8) is 0 Å². The molecule has 0 aliphatic carbocycles. The minimum Gasteiger partial charge on any atom is -0.340 e. The third-order valence-electron chi connectivity index (χ3n) is 5.18. The average molecular weight is 383 g/mol. The maximum Gasteiger partial charge on any atom is 0.269 e. The maximum absolute atomic E-state index is 12.5. The monoisotopic (exact) mass is 383 g/mol. The van der Waals surface area contributed by atoms with Gasteiger partial charge in [-0.2, -0.15) is 0 Å². The fourth-order valence-corrected chi connectivity index (χ4v) is 3.30. The van der Waals surface area contributed by atoms with Gasteiger partial charge < -0.3 is 4.90 Å². The van der Waals surface area contributed by atoms with Crippen LogP contribution in [0.2, 0.25) is 0 Å². The summed E-state index contributed by atoms with van der Waals surface area (Å²) < 4.78 is 0. The van der Waals surface area contributed by atoms with Crippen LogP contribution in [0.25, 0.3) is 0 Å². The van der Waals surface area contributed by atoms with Gasteiger partial charge >= 0.3 is 0 Å². The van der Waals surface area contributed by atoms with E-state index in [1.807, 2.05) is 25.7 Å². The summed E-state index contributed by atoms with van der Waals surface area (Å²) in [4.78, 5) is 36.2. The van der Waals surface area contributed by atoms with Crippen LogP contribution in [-0.4, -0.2) is 56.8 Å². The van der Waals surface area contributed by atoms with Crippen molar-refractivity contribution in [3.05, 3.63) is 62.7 Å². The molecule has 1 amide bonds. The molecule has 0 unspecified atom stereocenters. The Bertz CT molecular complexity index is 874. The van der Waals surface area contributed by atoms with Gasteiger partial charge in [0.15, 0.2) is 0 Å². The fraction of sp³-hybridized carbons (Fsp3) is 0.450. The smallest absolute Gasteiger partial charge is 0.269 e. The molecule has 0 N–H and O–H groups in total. The third kappa shape index (κ3) is 4.69. The van der Waals surface area contributed by atoms with Gasteiger partial charge in [-0.25, -0.2) is 0 Å². The summed E-state index contributed by atoms with van der Waals surface area (Å²) >= 11 is 0. The number of rotatable bonds is 5. The van der Waals surface area contributed by atoms with Gasteiger partial charge in [0.2, 0.25) is 5.91 Å². The standard InChI is InChI=1S/C20H25N5O3/c1-14-15(2)22-19(16(3)21-14)13-23-8-10-24(11-9-23)20(26)12-17-4-6-18(7-5-17)25(27)28/h4-7H,8-13H2,1-3H3. The summed E-state index contributed by atoms with van der Waals surface area (Å²) in [6.45, 7) is 9.59. The molecule has 148 valence electrons. The molecule has 8 heteroatoms. The topological polar surface area (TPSA) is 92.5 Å². The van der Waals surface area contributed by atoms with Crippen molar-refractivity contribution < 1.29 is 9.72 Å². The minimum atomic E-state index is -0.438. The summed E-state index contributed by atoms with van der Waals surface area (Å²) in [5.74, 6) is 0.0515. The van der Waals surface area contributed by atoms with E-state index in [4.69, 9.17) is 0 Å². The lowest BCUT2D eigenvalue weighted by atomic mass is 10.1. The molecule has 1 aromatic carbocycles. The van der Waals surface area contributed by atoms with Crippen molar-refractivity contribution in [1.82, 2.24) is 19.8 Å². The second kappa shape index (κ2) is 8.43. The summed E-state index contributed by atoms with van der Waals surface area (Å²) in [6.07, 6.45) is 0.264. The van der Waals surface area contributed by atoms with Gasteiger partial charge in [-0.05, 0) is 26.3 Å². The zero-order valence-electron chi connectivity index (χ0n) is 16.5. The number of piperazine rings is 1. The molecule has 0 bridgehead atoms. The highest BCUT2D eigenvalue weighted by Crippen LogP contribution is 2.15. The number of aromatic nitrogens is 2. The predicted molar refractivity (Wildman–Crippen MR) is 105 cm³/mol.